The van der Waals surface area contributed by atoms with Crippen LogP contribution in [0.2, 0.25) is 0 Å². The predicted molar refractivity (Wildman–Crippen MR) is 123 cm³/mol. The molecule has 0 amide bonds. The zero-order valence-corrected chi connectivity index (χ0v) is 18.7. The summed E-state index contributed by atoms with van der Waals surface area (Å²) >= 11 is 1.23. The Bertz CT molecular complexity index is 1320. The van der Waals surface area contributed by atoms with Crippen molar-refractivity contribution in [3.63, 3.8) is 0 Å². The maximum absolute atomic E-state index is 13.3. The number of pyridine rings is 2. The first-order valence-electron chi connectivity index (χ1n) is 10.2. The standard InChI is InChI=1S/C22H21N5O3S2/c28-15-19-14-27(10-9-26(19)13-18-11-17-12-24-8-5-20(17)25-18)32(29,30)22-2-1-21(31-22)16-3-6-23-7-4-16/h1-8,11-12,15,19,25H,9-10,13-14H2. The molecule has 1 unspecified atom stereocenters. The first-order chi connectivity index (χ1) is 15.5. The average molecular weight is 468 g/mol. The summed E-state index contributed by atoms with van der Waals surface area (Å²) < 4.78 is 28.2. The molecule has 0 aromatic carbocycles. The number of hydrogen-bond donors (Lipinski definition) is 1. The summed E-state index contributed by atoms with van der Waals surface area (Å²) in [6, 6.07) is 10.6. The molecule has 164 valence electrons. The highest BCUT2D eigenvalue weighted by atomic mass is 32.2. The van der Waals surface area contributed by atoms with E-state index in [-0.39, 0.29) is 10.8 Å². The van der Waals surface area contributed by atoms with Gasteiger partial charge in [0.15, 0.2) is 0 Å². The molecular weight excluding hydrogens is 446 g/mol. The number of fused-ring (bicyclic) bond motifs is 1. The summed E-state index contributed by atoms with van der Waals surface area (Å²) in [6.45, 7) is 1.48. The van der Waals surface area contributed by atoms with Gasteiger partial charge in [0.05, 0.1) is 6.04 Å². The van der Waals surface area contributed by atoms with Crippen molar-refractivity contribution in [3.05, 3.63) is 66.9 Å². The van der Waals surface area contributed by atoms with Crippen LogP contribution >= 0.6 is 11.3 Å². The predicted octanol–water partition coefficient (Wildman–Crippen LogP) is 2.76. The number of aromatic amines is 1. The topological polar surface area (TPSA) is 99.3 Å². The monoisotopic (exact) mass is 467 g/mol. The van der Waals surface area contributed by atoms with Crippen molar-refractivity contribution in [1.82, 2.24) is 24.2 Å². The number of carbonyl (C=O) groups excluding carboxylic acids is 1. The van der Waals surface area contributed by atoms with Crippen molar-refractivity contribution in [3.8, 4) is 10.4 Å². The van der Waals surface area contributed by atoms with E-state index in [1.165, 1.54) is 15.6 Å². The van der Waals surface area contributed by atoms with Gasteiger partial charge in [0.1, 0.15) is 10.5 Å². The first-order valence-corrected chi connectivity index (χ1v) is 12.4. The van der Waals surface area contributed by atoms with Crippen LogP contribution in [0.15, 0.2) is 65.4 Å². The summed E-state index contributed by atoms with van der Waals surface area (Å²) in [5, 5.41) is 1.01. The van der Waals surface area contributed by atoms with E-state index in [1.54, 1.807) is 30.9 Å². The number of aldehydes is 1. The zero-order valence-electron chi connectivity index (χ0n) is 17.1. The fraction of sp³-hybridized carbons (Fsp3) is 0.227. The lowest BCUT2D eigenvalue weighted by atomic mass is 10.2. The third kappa shape index (κ3) is 3.97. The smallest absolute Gasteiger partial charge is 0.252 e. The molecule has 1 fully saturated rings. The molecule has 0 saturated carbocycles. The highest BCUT2D eigenvalue weighted by molar-refractivity contribution is 7.91. The number of sulfonamides is 1. The van der Waals surface area contributed by atoms with E-state index in [2.05, 4.69) is 15.0 Å². The average Bonchev–Trinajstić information content (AvgIpc) is 3.47. The van der Waals surface area contributed by atoms with E-state index < -0.39 is 16.1 Å². The molecule has 1 aliphatic heterocycles. The molecule has 5 heterocycles. The largest absolute Gasteiger partial charge is 0.357 e. The van der Waals surface area contributed by atoms with Gasteiger partial charge in [-0.15, -0.1) is 11.3 Å². The number of thiophene rings is 1. The molecule has 0 aliphatic carbocycles. The minimum absolute atomic E-state index is 0.135. The Hall–Kier alpha value is -2.92. The van der Waals surface area contributed by atoms with Crippen LogP contribution in [0.25, 0.3) is 21.3 Å². The van der Waals surface area contributed by atoms with Gasteiger partial charge in [-0.25, -0.2) is 8.42 Å². The summed E-state index contributed by atoms with van der Waals surface area (Å²) in [5.41, 5.74) is 2.88. The van der Waals surface area contributed by atoms with Crippen LogP contribution in [0.1, 0.15) is 5.69 Å². The minimum Gasteiger partial charge on any atom is -0.357 e. The van der Waals surface area contributed by atoms with Crippen molar-refractivity contribution in [1.29, 1.82) is 0 Å². The van der Waals surface area contributed by atoms with E-state index >= 15 is 0 Å². The Labute approximate surface area is 189 Å². The van der Waals surface area contributed by atoms with Gasteiger partial charge in [0.25, 0.3) is 10.0 Å². The number of nitrogens with zero attached hydrogens (tertiary/aromatic N) is 4. The number of nitrogens with one attached hydrogen (secondary N) is 1. The number of aromatic nitrogens is 3. The molecule has 4 aromatic heterocycles. The SMILES string of the molecule is O=CC1CN(S(=O)(=O)c2ccc(-c3ccncc3)s2)CCN1Cc1cc2cnccc2[nH]1. The van der Waals surface area contributed by atoms with Crippen LogP contribution < -0.4 is 0 Å². The highest BCUT2D eigenvalue weighted by Crippen LogP contribution is 2.32. The van der Waals surface area contributed by atoms with Crippen molar-refractivity contribution >= 4 is 38.5 Å². The summed E-state index contributed by atoms with van der Waals surface area (Å²) in [5.74, 6) is 0. The summed E-state index contributed by atoms with van der Waals surface area (Å²) in [7, 11) is -3.67. The van der Waals surface area contributed by atoms with Gasteiger partial charge in [-0.2, -0.15) is 4.31 Å². The van der Waals surface area contributed by atoms with Gasteiger partial charge < -0.3 is 9.78 Å². The molecule has 1 saturated heterocycles. The third-order valence-corrected chi connectivity index (χ3v) is 9.11. The number of carbonyl (C=O) groups is 1. The third-order valence-electron chi connectivity index (χ3n) is 5.64. The first kappa shape index (κ1) is 21.0. The minimum atomic E-state index is -3.67. The van der Waals surface area contributed by atoms with Gasteiger partial charge in [-0.05, 0) is 42.0 Å². The molecular formula is C22H21N5O3S2. The lowest BCUT2D eigenvalue weighted by molar-refractivity contribution is -0.114. The second kappa shape index (κ2) is 8.55. The Balaban J connectivity index is 1.32. The quantitative estimate of drug-likeness (QED) is 0.438. The van der Waals surface area contributed by atoms with E-state index in [9.17, 15) is 13.2 Å². The van der Waals surface area contributed by atoms with Crippen LogP contribution in [0.3, 0.4) is 0 Å². The normalized spacial score (nSPS) is 18.2. The van der Waals surface area contributed by atoms with Crippen LogP contribution in [0.4, 0.5) is 0 Å². The van der Waals surface area contributed by atoms with Crippen LogP contribution in [0.5, 0.6) is 0 Å². The van der Waals surface area contributed by atoms with Crippen LogP contribution in [0, 0.1) is 0 Å². The van der Waals surface area contributed by atoms with E-state index in [4.69, 9.17) is 0 Å². The number of hydrogen-bond acceptors (Lipinski definition) is 7. The lowest BCUT2D eigenvalue weighted by Crippen LogP contribution is -2.54. The van der Waals surface area contributed by atoms with Crippen molar-refractivity contribution < 1.29 is 13.2 Å². The van der Waals surface area contributed by atoms with E-state index in [0.717, 1.165) is 33.3 Å². The Morgan fingerprint density at radius 1 is 1.09 bits per heavy atom. The molecule has 1 N–H and O–H groups in total. The molecule has 0 bridgehead atoms. The molecule has 0 radical (unpaired) electrons. The van der Waals surface area contributed by atoms with E-state index in [0.29, 0.717) is 19.6 Å². The van der Waals surface area contributed by atoms with Gasteiger partial charge in [-0.1, -0.05) is 0 Å². The molecule has 10 heteroatoms. The number of H-pyrrole nitrogens is 1. The van der Waals surface area contributed by atoms with Crippen LogP contribution in [-0.4, -0.2) is 64.5 Å². The number of rotatable bonds is 6. The fourth-order valence-electron chi connectivity index (χ4n) is 3.96. The Morgan fingerprint density at radius 3 is 2.69 bits per heavy atom. The lowest BCUT2D eigenvalue weighted by Gasteiger charge is -2.37. The number of piperazine rings is 1. The molecule has 1 atom stereocenters. The van der Waals surface area contributed by atoms with Crippen molar-refractivity contribution in [2.45, 2.75) is 16.8 Å². The molecule has 32 heavy (non-hydrogen) atoms. The van der Waals surface area contributed by atoms with Gasteiger partial charge >= 0.3 is 0 Å². The molecule has 0 spiro atoms. The summed E-state index contributed by atoms with van der Waals surface area (Å²) in [6.07, 6.45) is 7.72. The van der Waals surface area contributed by atoms with Gasteiger partial charge in [-0.3, -0.25) is 14.9 Å². The maximum atomic E-state index is 13.3. The molecule has 1 aliphatic rings. The molecule has 4 aromatic rings. The second-order valence-electron chi connectivity index (χ2n) is 7.65. The second-order valence-corrected chi connectivity index (χ2v) is 10.9. The summed E-state index contributed by atoms with van der Waals surface area (Å²) in [4.78, 5) is 26.2. The van der Waals surface area contributed by atoms with Gasteiger partial charge in [0.2, 0.25) is 0 Å². The molecule has 8 nitrogen and oxygen atoms in total. The van der Waals surface area contributed by atoms with Crippen LogP contribution in [-0.2, 0) is 21.4 Å². The van der Waals surface area contributed by atoms with E-state index in [1.807, 2.05) is 35.2 Å². The molecule has 5 rings (SSSR count). The Kier molecular flexibility index (Phi) is 5.60. The Morgan fingerprint density at radius 2 is 1.91 bits per heavy atom. The highest BCUT2D eigenvalue weighted by Gasteiger charge is 2.35. The van der Waals surface area contributed by atoms with Crippen molar-refractivity contribution in [2.24, 2.45) is 0 Å². The van der Waals surface area contributed by atoms with Crippen molar-refractivity contribution in [2.75, 3.05) is 19.6 Å². The van der Waals surface area contributed by atoms with Gasteiger partial charge in [0, 0.05) is 72.4 Å². The maximum Gasteiger partial charge on any atom is 0.252 e. The zero-order chi connectivity index (χ0) is 22.1. The fourth-order valence-corrected chi connectivity index (χ4v) is 6.87.